The van der Waals surface area contributed by atoms with Gasteiger partial charge in [0, 0.05) is 30.7 Å². The standard InChI is InChI=1S/C16H17N5OS2/c1-10-5-4-6-12(7-10)14-19-20-16(21(14)3)24-9-13-8-23-15(18-13)17-11(2)22/h4-8H,9H2,1-3H3,(H,17,18,22). The first-order valence-corrected chi connectivity index (χ1v) is 9.20. The van der Waals surface area contributed by atoms with Crippen molar-refractivity contribution in [3.63, 3.8) is 0 Å². The summed E-state index contributed by atoms with van der Waals surface area (Å²) in [5.74, 6) is 1.41. The lowest BCUT2D eigenvalue weighted by Crippen LogP contribution is -2.05. The Kier molecular flexibility index (Phi) is 4.96. The van der Waals surface area contributed by atoms with Crippen molar-refractivity contribution in [2.24, 2.45) is 7.05 Å². The van der Waals surface area contributed by atoms with E-state index >= 15 is 0 Å². The normalized spacial score (nSPS) is 10.8. The highest BCUT2D eigenvalue weighted by Crippen LogP contribution is 2.27. The van der Waals surface area contributed by atoms with E-state index in [-0.39, 0.29) is 5.91 Å². The minimum absolute atomic E-state index is 0.111. The zero-order valence-electron chi connectivity index (χ0n) is 13.6. The molecular weight excluding hydrogens is 342 g/mol. The van der Waals surface area contributed by atoms with Gasteiger partial charge in [-0.05, 0) is 13.0 Å². The Hall–Kier alpha value is -2.19. The second-order valence-electron chi connectivity index (χ2n) is 5.35. The third-order valence-corrected chi connectivity index (χ3v) is 5.16. The number of hydrogen-bond acceptors (Lipinski definition) is 6. The Morgan fingerprint density at radius 2 is 2.21 bits per heavy atom. The molecule has 0 saturated carbocycles. The monoisotopic (exact) mass is 359 g/mol. The lowest BCUT2D eigenvalue weighted by Gasteiger charge is -2.04. The fraction of sp³-hybridized carbons (Fsp3) is 0.250. The number of aryl methyl sites for hydroxylation is 1. The van der Waals surface area contributed by atoms with Crippen LogP contribution >= 0.6 is 23.1 Å². The molecule has 1 aromatic carbocycles. The minimum atomic E-state index is -0.111. The highest BCUT2D eigenvalue weighted by molar-refractivity contribution is 7.98. The molecule has 0 fully saturated rings. The molecule has 0 spiro atoms. The average molecular weight is 359 g/mol. The van der Waals surface area contributed by atoms with E-state index in [2.05, 4.69) is 39.6 Å². The van der Waals surface area contributed by atoms with Crippen molar-refractivity contribution < 1.29 is 4.79 Å². The van der Waals surface area contributed by atoms with Crippen LogP contribution in [0.3, 0.4) is 0 Å². The second-order valence-corrected chi connectivity index (χ2v) is 7.15. The first-order valence-electron chi connectivity index (χ1n) is 7.34. The third-order valence-electron chi connectivity index (χ3n) is 3.30. The van der Waals surface area contributed by atoms with Gasteiger partial charge in [-0.25, -0.2) is 4.98 Å². The number of carbonyl (C=O) groups is 1. The van der Waals surface area contributed by atoms with Gasteiger partial charge in [-0.3, -0.25) is 4.79 Å². The van der Waals surface area contributed by atoms with Crippen LogP contribution in [0.4, 0.5) is 5.13 Å². The molecule has 0 atom stereocenters. The first-order chi connectivity index (χ1) is 11.5. The van der Waals surface area contributed by atoms with Crippen LogP contribution in [0.5, 0.6) is 0 Å². The van der Waals surface area contributed by atoms with Crippen molar-refractivity contribution in [1.82, 2.24) is 19.7 Å². The summed E-state index contributed by atoms with van der Waals surface area (Å²) in [7, 11) is 1.96. The maximum atomic E-state index is 11.0. The fourth-order valence-corrected chi connectivity index (χ4v) is 3.86. The Morgan fingerprint density at radius 1 is 1.38 bits per heavy atom. The predicted octanol–water partition coefficient (Wildman–Crippen LogP) is 3.50. The van der Waals surface area contributed by atoms with Crippen molar-refractivity contribution in [3.05, 3.63) is 40.9 Å². The van der Waals surface area contributed by atoms with Gasteiger partial charge in [0.1, 0.15) is 0 Å². The number of anilines is 1. The molecule has 0 bridgehead atoms. The number of aromatic nitrogens is 4. The largest absolute Gasteiger partial charge is 0.305 e. The molecule has 0 aliphatic rings. The van der Waals surface area contributed by atoms with Crippen LogP contribution in [0.1, 0.15) is 18.2 Å². The van der Waals surface area contributed by atoms with Crippen molar-refractivity contribution in [3.8, 4) is 11.4 Å². The molecule has 0 aliphatic heterocycles. The van der Waals surface area contributed by atoms with E-state index in [1.807, 2.05) is 29.1 Å². The maximum Gasteiger partial charge on any atom is 0.223 e. The Balaban J connectivity index is 1.70. The van der Waals surface area contributed by atoms with Crippen LogP contribution in [0.15, 0.2) is 34.8 Å². The summed E-state index contributed by atoms with van der Waals surface area (Å²) in [5, 5.41) is 14.7. The Labute approximate surface area is 148 Å². The summed E-state index contributed by atoms with van der Waals surface area (Å²) in [6.45, 7) is 3.53. The molecule has 3 rings (SSSR count). The molecule has 24 heavy (non-hydrogen) atoms. The topological polar surface area (TPSA) is 72.7 Å². The highest BCUT2D eigenvalue weighted by Gasteiger charge is 2.12. The Bertz CT molecular complexity index is 871. The summed E-state index contributed by atoms with van der Waals surface area (Å²) in [5.41, 5.74) is 3.16. The molecule has 0 radical (unpaired) electrons. The molecule has 2 heterocycles. The lowest BCUT2D eigenvalue weighted by atomic mass is 10.1. The van der Waals surface area contributed by atoms with Gasteiger partial charge in [0.05, 0.1) is 5.69 Å². The summed E-state index contributed by atoms with van der Waals surface area (Å²) in [6, 6.07) is 8.21. The molecule has 0 unspecified atom stereocenters. The summed E-state index contributed by atoms with van der Waals surface area (Å²) in [4.78, 5) is 15.4. The molecule has 3 aromatic rings. The van der Waals surface area contributed by atoms with Crippen molar-refractivity contribution >= 4 is 34.1 Å². The van der Waals surface area contributed by atoms with Crippen molar-refractivity contribution in [1.29, 1.82) is 0 Å². The number of nitrogens with one attached hydrogen (secondary N) is 1. The van der Waals surface area contributed by atoms with Gasteiger partial charge in [0.25, 0.3) is 0 Å². The zero-order chi connectivity index (χ0) is 17.1. The van der Waals surface area contributed by atoms with Crippen LogP contribution in [-0.4, -0.2) is 25.7 Å². The highest BCUT2D eigenvalue weighted by atomic mass is 32.2. The molecule has 124 valence electrons. The lowest BCUT2D eigenvalue weighted by molar-refractivity contribution is -0.114. The number of hydrogen-bond donors (Lipinski definition) is 1. The molecule has 8 heteroatoms. The van der Waals surface area contributed by atoms with Crippen LogP contribution in [-0.2, 0) is 17.6 Å². The number of amides is 1. The van der Waals surface area contributed by atoms with Crippen molar-refractivity contribution in [2.75, 3.05) is 5.32 Å². The summed E-state index contributed by atoms with van der Waals surface area (Å²) in [6.07, 6.45) is 0. The smallest absolute Gasteiger partial charge is 0.223 e. The third kappa shape index (κ3) is 3.82. The molecular formula is C16H17N5OS2. The zero-order valence-corrected chi connectivity index (χ0v) is 15.2. The van der Waals surface area contributed by atoms with E-state index in [0.29, 0.717) is 10.9 Å². The van der Waals surface area contributed by atoms with E-state index < -0.39 is 0 Å². The van der Waals surface area contributed by atoms with Gasteiger partial charge < -0.3 is 9.88 Å². The predicted molar refractivity (Wildman–Crippen MR) is 97.2 cm³/mol. The van der Waals surface area contributed by atoms with E-state index in [1.165, 1.54) is 23.8 Å². The first kappa shape index (κ1) is 16.7. The van der Waals surface area contributed by atoms with Gasteiger partial charge in [-0.15, -0.1) is 21.5 Å². The summed E-state index contributed by atoms with van der Waals surface area (Å²) >= 11 is 2.99. The van der Waals surface area contributed by atoms with Gasteiger partial charge >= 0.3 is 0 Å². The number of rotatable bonds is 5. The van der Waals surface area contributed by atoms with Crippen LogP contribution in [0, 0.1) is 6.92 Å². The molecule has 2 aromatic heterocycles. The molecule has 0 saturated heterocycles. The second kappa shape index (κ2) is 7.14. The van der Waals surface area contributed by atoms with Gasteiger partial charge in [0.2, 0.25) is 5.91 Å². The Morgan fingerprint density at radius 3 is 2.96 bits per heavy atom. The quantitative estimate of drug-likeness (QED) is 0.706. The van der Waals surface area contributed by atoms with Crippen LogP contribution in [0.2, 0.25) is 0 Å². The fourth-order valence-electron chi connectivity index (χ4n) is 2.20. The molecule has 0 aliphatic carbocycles. The molecule has 1 N–H and O–H groups in total. The molecule has 1 amide bonds. The van der Waals surface area contributed by atoms with E-state index in [9.17, 15) is 4.79 Å². The number of benzene rings is 1. The SMILES string of the molecule is CC(=O)Nc1nc(CSc2nnc(-c3cccc(C)c3)n2C)cs1. The number of thioether (sulfide) groups is 1. The van der Waals surface area contributed by atoms with Crippen LogP contribution in [0.25, 0.3) is 11.4 Å². The van der Waals surface area contributed by atoms with Gasteiger partial charge in [-0.2, -0.15) is 0 Å². The van der Waals surface area contributed by atoms with Crippen LogP contribution < -0.4 is 5.32 Å². The summed E-state index contributed by atoms with van der Waals surface area (Å²) < 4.78 is 1.99. The minimum Gasteiger partial charge on any atom is -0.305 e. The number of nitrogens with zero attached hydrogens (tertiary/aromatic N) is 4. The van der Waals surface area contributed by atoms with E-state index in [0.717, 1.165) is 22.2 Å². The van der Waals surface area contributed by atoms with Gasteiger partial charge in [0.15, 0.2) is 16.1 Å². The average Bonchev–Trinajstić information content (AvgIpc) is 3.11. The number of carbonyl (C=O) groups excluding carboxylic acids is 1. The number of thiazole rings is 1. The van der Waals surface area contributed by atoms with Gasteiger partial charge in [-0.1, -0.05) is 35.5 Å². The maximum absolute atomic E-state index is 11.0. The molecule has 6 nitrogen and oxygen atoms in total. The van der Waals surface area contributed by atoms with E-state index in [1.54, 1.807) is 11.8 Å². The van der Waals surface area contributed by atoms with E-state index in [4.69, 9.17) is 0 Å². The van der Waals surface area contributed by atoms with Crippen molar-refractivity contribution in [2.45, 2.75) is 24.8 Å².